The summed E-state index contributed by atoms with van der Waals surface area (Å²) in [6.07, 6.45) is 1.91. The predicted molar refractivity (Wildman–Crippen MR) is 54.2 cm³/mol. The van der Waals surface area contributed by atoms with Gasteiger partial charge in [-0.15, -0.1) is 0 Å². The molecule has 0 saturated carbocycles. The number of aliphatic carboxylic acids is 1. The molecule has 3 N–H and O–H groups in total. The van der Waals surface area contributed by atoms with E-state index >= 15 is 0 Å². The molecule has 92 valence electrons. The van der Waals surface area contributed by atoms with Crippen molar-refractivity contribution in [2.45, 2.75) is 18.9 Å². The Bertz CT molecular complexity index is 424. The standard InChI is InChI=1S/C9H12N4O4/c14-6(15)4-11-8(16)7-12-9(17-13-7)5-2-1-3-10-5/h5,10H,1-4H2,(H,11,16)(H,14,15). The van der Waals surface area contributed by atoms with E-state index in [-0.39, 0.29) is 11.9 Å². The molecule has 1 saturated heterocycles. The summed E-state index contributed by atoms with van der Waals surface area (Å²) in [5.41, 5.74) is 0. The zero-order chi connectivity index (χ0) is 12.3. The molecule has 1 unspecified atom stereocenters. The lowest BCUT2D eigenvalue weighted by Gasteiger charge is -2.01. The van der Waals surface area contributed by atoms with Gasteiger partial charge in [-0.3, -0.25) is 9.59 Å². The largest absolute Gasteiger partial charge is 0.480 e. The lowest BCUT2D eigenvalue weighted by atomic mass is 10.2. The maximum Gasteiger partial charge on any atom is 0.322 e. The molecule has 8 nitrogen and oxygen atoms in total. The van der Waals surface area contributed by atoms with E-state index in [1.54, 1.807) is 0 Å². The molecule has 0 spiro atoms. The molecule has 1 aromatic heterocycles. The lowest BCUT2D eigenvalue weighted by molar-refractivity contribution is -0.135. The Balaban J connectivity index is 1.97. The summed E-state index contributed by atoms with van der Waals surface area (Å²) in [6, 6.07) is -0.0106. The van der Waals surface area contributed by atoms with Crippen LogP contribution in [-0.4, -0.2) is 40.2 Å². The maximum atomic E-state index is 11.4. The van der Waals surface area contributed by atoms with Crippen LogP contribution in [0.25, 0.3) is 0 Å². The van der Waals surface area contributed by atoms with Crippen LogP contribution in [0.2, 0.25) is 0 Å². The lowest BCUT2D eigenvalue weighted by Crippen LogP contribution is -2.30. The van der Waals surface area contributed by atoms with Crippen LogP contribution in [0.15, 0.2) is 4.52 Å². The Morgan fingerprint density at radius 1 is 1.59 bits per heavy atom. The van der Waals surface area contributed by atoms with Gasteiger partial charge in [0.05, 0.1) is 6.04 Å². The molecule has 1 aliphatic rings. The van der Waals surface area contributed by atoms with Crippen LogP contribution in [-0.2, 0) is 4.79 Å². The average Bonchev–Trinajstić information content (AvgIpc) is 2.94. The van der Waals surface area contributed by atoms with E-state index in [0.29, 0.717) is 5.89 Å². The number of carboxylic acids is 1. The number of nitrogens with one attached hydrogen (secondary N) is 2. The Morgan fingerprint density at radius 3 is 3.06 bits per heavy atom. The van der Waals surface area contributed by atoms with Crippen LogP contribution in [0.5, 0.6) is 0 Å². The minimum atomic E-state index is -1.13. The first kappa shape index (κ1) is 11.5. The van der Waals surface area contributed by atoms with Crippen molar-refractivity contribution in [1.82, 2.24) is 20.8 Å². The van der Waals surface area contributed by atoms with Crippen molar-refractivity contribution in [2.75, 3.05) is 13.1 Å². The second-order valence-electron chi connectivity index (χ2n) is 3.68. The summed E-state index contributed by atoms with van der Waals surface area (Å²) >= 11 is 0. The van der Waals surface area contributed by atoms with E-state index in [4.69, 9.17) is 9.63 Å². The molecule has 1 fully saturated rings. The highest BCUT2D eigenvalue weighted by atomic mass is 16.5. The summed E-state index contributed by atoms with van der Waals surface area (Å²) in [4.78, 5) is 25.6. The molecule has 8 heteroatoms. The number of rotatable bonds is 4. The van der Waals surface area contributed by atoms with E-state index in [9.17, 15) is 9.59 Å². The van der Waals surface area contributed by atoms with Gasteiger partial charge in [0, 0.05) is 0 Å². The summed E-state index contributed by atoms with van der Waals surface area (Å²) in [7, 11) is 0. The number of carbonyl (C=O) groups is 2. The van der Waals surface area contributed by atoms with Gasteiger partial charge in [-0.1, -0.05) is 5.16 Å². The van der Waals surface area contributed by atoms with Gasteiger partial charge in [0.1, 0.15) is 6.54 Å². The zero-order valence-electron chi connectivity index (χ0n) is 8.97. The van der Waals surface area contributed by atoms with Gasteiger partial charge in [0.15, 0.2) is 0 Å². The van der Waals surface area contributed by atoms with Crippen LogP contribution in [0.1, 0.15) is 35.4 Å². The predicted octanol–water partition coefficient (Wildman–Crippen LogP) is -0.692. The smallest absolute Gasteiger partial charge is 0.322 e. The monoisotopic (exact) mass is 240 g/mol. The van der Waals surface area contributed by atoms with E-state index in [2.05, 4.69) is 20.8 Å². The number of carbonyl (C=O) groups excluding carboxylic acids is 1. The maximum absolute atomic E-state index is 11.4. The third kappa shape index (κ3) is 2.78. The highest BCUT2D eigenvalue weighted by Crippen LogP contribution is 2.20. The molecule has 1 amide bonds. The van der Waals surface area contributed by atoms with Gasteiger partial charge >= 0.3 is 5.97 Å². The van der Waals surface area contributed by atoms with Gasteiger partial charge < -0.3 is 20.3 Å². The van der Waals surface area contributed by atoms with E-state index < -0.39 is 18.4 Å². The van der Waals surface area contributed by atoms with E-state index in [1.807, 2.05) is 0 Å². The summed E-state index contributed by atoms with van der Waals surface area (Å²) in [5, 5.41) is 17.2. The normalized spacial score (nSPS) is 19.2. The molecule has 1 aliphatic heterocycles. The second-order valence-corrected chi connectivity index (χ2v) is 3.68. The minimum Gasteiger partial charge on any atom is -0.480 e. The first-order valence-electron chi connectivity index (χ1n) is 5.24. The number of amides is 1. The van der Waals surface area contributed by atoms with Crippen LogP contribution in [0.3, 0.4) is 0 Å². The Morgan fingerprint density at radius 2 is 2.41 bits per heavy atom. The van der Waals surface area contributed by atoms with Crippen LogP contribution in [0.4, 0.5) is 0 Å². The fourth-order valence-electron chi connectivity index (χ4n) is 1.60. The first-order chi connectivity index (χ1) is 8.16. The van der Waals surface area contributed by atoms with Gasteiger partial charge in [-0.25, -0.2) is 0 Å². The molecule has 1 aromatic rings. The van der Waals surface area contributed by atoms with Crippen molar-refractivity contribution < 1.29 is 19.2 Å². The van der Waals surface area contributed by atoms with Crippen molar-refractivity contribution in [3.8, 4) is 0 Å². The number of carboxylic acid groups (broad SMARTS) is 1. The van der Waals surface area contributed by atoms with Gasteiger partial charge in [-0.05, 0) is 19.4 Å². The van der Waals surface area contributed by atoms with Crippen molar-refractivity contribution in [3.05, 3.63) is 11.7 Å². The van der Waals surface area contributed by atoms with Gasteiger partial charge in [-0.2, -0.15) is 4.98 Å². The molecule has 0 aliphatic carbocycles. The van der Waals surface area contributed by atoms with Gasteiger partial charge in [0.2, 0.25) is 5.89 Å². The van der Waals surface area contributed by atoms with Crippen molar-refractivity contribution >= 4 is 11.9 Å². The van der Waals surface area contributed by atoms with E-state index in [1.165, 1.54) is 0 Å². The second kappa shape index (κ2) is 4.91. The Labute approximate surface area is 96.4 Å². The molecule has 0 aromatic carbocycles. The number of hydrogen-bond donors (Lipinski definition) is 3. The van der Waals surface area contributed by atoms with Gasteiger partial charge in [0.25, 0.3) is 11.7 Å². The zero-order valence-corrected chi connectivity index (χ0v) is 8.97. The molecule has 17 heavy (non-hydrogen) atoms. The third-order valence-electron chi connectivity index (χ3n) is 2.40. The van der Waals surface area contributed by atoms with Crippen LogP contribution < -0.4 is 10.6 Å². The van der Waals surface area contributed by atoms with Crippen LogP contribution >= 0.6 is 0 Å². The Kier molecular flexibility index (Phi) is 3.33. The number of aromatic nitrogens is 2. The highest BCUT2D eigenvalue weighted by molar-refractivity contribution is 5.92. The third-order valence-corrected chi connectivity index (χ3v) is 2.40. The van der Waals surface area contributed by atoms with Crippen LogP contribution in [0, 0.1) is 0 Å². The minimum absolute atomic E-state index is 0.0106. The topological polar surface area (TPSA) is 117 Å². The van der Waals surface area contributed by atoms with E-state index in [0.717, 1.165) is 19.4 Å². The first-order valence-corrected chi connectivity index (χ1v) is 5.24. The fourth-order valence-corrected chi connectivity index (χ4v) is 1.60. The SMILES string of the molecule is O=C(O)CNC(=O)c1noc(C2CCCN2)n1. The average molecular weight is 240 g/mol. The molecule has 0 bridgehead atoms. The molecule has 2 rings (SSSR count). The highest BCUT2D eigenvalue weighted by Gasteiger charge is 2.24. The molecule has 1 atom stereocenters. The molecule has 2 heterocycles. The number of hydrogen-bond acceptors (Lipinski definition) is 6. The number of nitrogens with zero attached hydrogens (tertiary/aromatic N) is 2. The van der Waals surface area contributed by atoms with Crippen molar-refractivity contribution in [1.29, 1.82) is 0 Å². The van der Waals surface area contributed by atoms with Crippen molar-refractivity contribution in [3.63, 3.8) is 0 Å². The summed E-state index contributed by atoms with van der Waals surface area (Å²) < 4.78 is 4.94. The molecular formula is C9H12N4O4. The molecular weight excluding hydrogens is 228 g/mol. The summed E-state index contributed by atoms with van der Waals surface area (Å²) in [5.74, 6) is -1.56. The Hall–Kier alpha value is -1.96. The fraction of sp³-hybridized carbons (Fsp3) is 0.556. The summed E-state index contributed by atoms with van der Waals surface area (Å²) in [6.45, 7) is 0.415. The van der Waals surface area contributed by atoms with Crippen molar-refractivity contribution in [2.24, 2.45) is 0 Å². The quantitative estimate of drug-likeness (QED) is 0.637. The molecule has 0 radical (unpaired) electrons.